The van der Waals surface area contributed by atoms with E-state index in [1.165, 1.54) is 0 Å². The fraction of sp³-hybridized carbons (Fsp3) is 0.278. The Hall–Kier alpha value is -2.85. The summed E-state index contributed by atoms with van der Waals surface area (Å²) in [5.41, 5.74) is 4.22. The lowest BCUT2D eigenvalue weighted by atomic mass is 9.88. The van der Waals surface area contributed by atoms with E-state index in [1.54, 1.807) is 4.90 Å². The molecule has 1 amide bonds. The topological polar surface area (TPSA) is 67.9 Å². The van der Waals surface area contributed by atoms with Crippen molar-refractivity contribution in [2.45, 2.75) is 33.2 Å². The van der Waals surface area contributed by atoms with Crippen molar-refractivity contribution >= 4 is 22.7 Å². The van der Waals surface area contributed by atoms with E-state index >= 15 is 0 Å². The van der Waals surface area contributed by atoms with Gasteiger partial charge >= 0.3 is 0 Å². The Kier molecular flexibility index (Phi) is 2.77. The lowest BCUT2D eigenvalue weighted by molar-refractivity contribution is -0.113. The van der Waals surface area contributed by atoms with Crippen LogP contribution in [-0.4, -0.2) is 11.4 Å². The summed E-state index contributed by atoms with van der Waals surface area (Å²) in [5.74, 6) is -0.270. The summed E-state index contributed by atoms with van der Waals surface area (Å²) in [7, 11) is 0. The van der Waals surface area contributed by atoms with Gasteiger partial charge in [0.25, 0.3) is 5.91 Å². The fourth-order valence-electron chi connectivity index (χ4n) is 3.44. The maximum absolute atomic E-state index is 12.9. The first-order valence-corrected chi connectivity index (χ1v) is 7.05. The third-order valence-corrected chi connectivity index (χ3v) is 4.21. The highest BCUT2D eigenvalue weighted by atomic mass is 16.2. The second kappa shape index (κ2) is 4.32. The number of aryl methyl sites for hydroxylation is 1. The van der Waals surface area contributed by atoms with Gasteiger partial charge < -0.3 is 0 Å². The van der Waals surface area contributed by atoms with Crippen molar-refractivity contribution in [2.75, 3.05) is 4.90 Å². The zero-order valence-electron chi connectivity index (χ0n) is 13.0. The third kappa shape index (κ3) is 1.64. The van der Waals surface area contributed by atoms with Gasteiger partial charge in [0, 0.05) is 11.1 Å². The maximum Gasteiger partial charge on any atom is 0.261 e. The van der Waals surface area contributed by atoms with E-state index < -0.39 is 5.54 Å². The van der Waals surface area contributed by atoms with Gasteiger partial charge in [0.2, 0.25) is 0 Å². The summed E-state index contributed by atoms with van der Waals surface area (Å²) in [4.78, 5) is 14.6. The summed E-state index contributed by atoms with van der Waals surface area (Å²) in [5, 5.41) is 18.4. The number of carbonyl (C=O) groups excluding carboxylic acids is 1. The van der Waals surface area contributed by atoms with Gasteiger partial charge in [-0.1, -0.05) is 6.08 Å². The molecule has 108 valence electrons. The second-order valence-corrected chi connectivity index (χ2v) is 6.30. The maximum atomic E-state index is 12.9. The first kappa shape index (κ1) is 14.1. The molecule has 22 heavy (non-hydrogen) atoms. The summed E-state index contributed by atoms with van der Waals surface area (Å²) in [6.45, 7) is 7.90. The van der Waals surface area contributed by atoms with Crippen LogP contribution >= 0.6 is 0 Å². The molecule has 0 atom stereocenters. The number of nitriles is 2. The number of anilines is 1. The second-order valence-electron chi connectivity index (χ2n) is 6.30. The van der Waals surface area contributed by atoms with Crippen molar-refractivity contribution < 1.29 is 4.79 Å². The molecule has 0 saturated carbocycles. The predicted molar refractivity (Wildman–Crippen MR) is 84.5 cm³/mol. The zero-order chi connectivity index (χ0) is 16.2. The average Bonchev–Trinajstić information content (AvgIpc) is 2.72. The van der Waals surface area contributed by atoms with Crippen LogP contribution in [0.15, 0.2) is 23.8 Å². The van der Waals surface area contributed by atoms with Crippen molar-refractivity contribution in [3.05, 3.63) is 40.5 Å². The summed E-state index contributed by atoms with van der Waals surface area (Å²) in [6, 6.07) is 7.65. The first-order chi connectivity index (χ1) is 10.3. The number of carbonyl (C=O) groups is 1. The normalized spacial score (nSPS) is 17.5. The van der Waals surface area contributed by atoms with Crippen LogP contribution in [0.2, 0.25) is 0 Å². The Bertz CT molecular complexity index is 857. The number of allylic oxidation sites excluding steroid dienone is 2. The molecule has 1 aromatic carbocycles. The standard InChI is InChI=1S/C18H15N3O/c1-10-5-13-11(2)7-18(3,4)21-16(13)14(6-10)15(17(21)22)12(8-19)9-20/h5-7H,1-4H3. The fourth-order valence-corrected chi connectivity index (χ4v) is 3.44. The molecule has 0 radical (unpaired) electrons. The Morgan fingerprint density at radius 1 is 1.14 bits per heavy atom. The number of nitrogens with zero attached hydrogens (tertiary/aromatic N) is 3. The van der Waals surface area contributed by atoms with Crippen LogP contribution < -0.4 is 4.90 Å². The molecule has 0 unspecified atom stereocenters. The largest absolute Gasteiger partial charge is 0.298 e. The van der Waals surface area contributed by atoms with Crippen LogP contribution in [0, 0.1) is 29.6 Å². The minimum absolute atomic E-state index is 0.124. The van der Waals surface area contributed by atoms with E-state index in [0.29, 0.717) is 5.56 Å². The molecule has 3 rings (SSSR count). The SMILES string of the molecule is CC1=CC(C)(C)N2C(=O)C(=C(C#N)C#N)c3cc(C)cc1c32. The van der Waals surface area contributed by atoms with Crippen LogP contribution in [-0.2, 0) is 4.79 Å². The molecular formula is C18H15N3O. The van der Waals surface area contributed by atoms with Crippen molar-refractivity contribution in [3.63, 3.8) is 0 Å². The molecule has 4 heteroatoms. The van der Waals surface area contributed by atoms with Gasteiger partial charge in [-0.05, 0) is 51.0 Å². The van der Waals surface area contributed by atoms with Crippen molar-refractivity contribution in [1.82, 2.24) is 0 Å². The van der Waals surface area contributed by atoms with Gasteiger partial charge in [0.05, 0.1) is 16.8 Å². The molecule has 0 N–H and O–H groups in total. The van der Waals surface area contributed by atoms with E-state index in [2.05, 4.69) is 6.08 Å². The van der Waals surface area contributed by atoms with E-state index in [9.17, 15) is 15.3 Å². The molecule has 0 bridgehead atoms. The molecule has 0 spiro atoms. The first-order valence-electron chi connectivity index (χ1n) is 7.05. The number of rotatable bonds is 0. The van der Waals surface area contributed by atoms with E-state index in [1.807, 2.05) is 52.0 Å². The summed E-state index contributed by atoms with van der Waals surface area (Å²) >= 11 is 0. The van der Waals surface area contributed by atoms with Crippen molar-refractivity contribution in [3.8, 4) is 12.1 Å². The zero-order valence-corrected chi connectivity index (χ0v) is 13.0. The van der Waals surface area contributed by atoms with E-state index in [-0.39, 0.29) is 17.1 Å². The molecule has 0 aliphatic carbocycles. The quantitative estimate of drug-likeness (QED) is 0.543. The van der Waals surface area contributed by atoms with Gasteiger partial charge in [-0.15, -0.1) is 0 Å². The van der Waals surface area contributed by atoms with E-state index in [0.717, 1.165) is 22.4 Å². The predicted octanol–water partition coefficient (Wildman–Crippen LogP) is 3.34. The highest BCUT2D eigenvalue weighted by molar-refractivity contribution is 6.36. The molecule has 0 saturated heterocycles. The molecule has 2 aliphatic rings. The Balaban J connectivity index is 2.48. The molecule has 2 aliphatic heterocycles. The van der Waals surface area contributed by atoms with Gasteiger partial charge in [0.1, 0.15) is 17.7 Å². The Morgan fingerprint density at radius 2 is 1.73 bits per heavy atom. The molecular weight excluding hydrogens is 274 g/mol. The molecule has 4 nitrogen and oxygen atoms in total. The van der Waals surface area contributed by atoms with Crippen LogP contribution in [0.5, 0.6) is 0 Å². The van der Waals surface area contributed by atoms with Gasteiger partial charge in [-0.3, -0.25) is 9.69 Å². The van der Waals surface area contributed by atoms with Crippen LogP contribution in [0.3, 0.4) is 0 Å². The molecule has 1 aromatic rings. The number of hydrogen-bond donors (Lipinski definition) is 0. The van der Waals surface area contributed by atoms with Crippen molar-refractivity contribution in [1.29, 1.82) is 10.5 Å². The van der Waals surface area contributed by atoms with Crippen molar-refractivity contribution in [2.24, 2.45) is 0 Å². The average molecular weight is 289 g/mol. The molecule has 0 aromatic heterocycles. The molecule has 0 fully saturated rings. The van der Waals surface area contributed by atoms with Gasteiger partial charge in [0.15, 0.2) is 0 Å². The smallest absolute Gasteiger partial charge is 0.261 e. The monoisotopic (exact) mass is 289 g/mol. The highest BCUT2D eigenvalue weighted by Crippen LogP contribution is 2.50. The van der Waals surface area contributed by atoms with E-state index in [4.69, 9.17) is 0 Å². The summed E-state index contributed by atoms with van der Waals surface area (Å²) < 4.78 is 0. The van der Waals surface area contributed by atoms with Gasteiger partial charge in [-0.2, -0.15) is 10.5 Å². The highest BCUT2D eigenvalue weighted by Gasteiger charge is 2.45. The van der Waals surface area contributed by atoms with Crippen LogP contribution in [0.4, 0.5) is 5.69 Å². The molecule has 2 heterocycles. The number of benzene rings is 1. The third-order valence-electron chi connectivity index (χ3n) is 4.21. The van der Waals surface area contributed by atoms with Crippen LogP contribution in [0.25, 0.3) is 11.1 Å². The Labute approximate surface area is 129 Å². The summed E-state index contributed by atoms with van der Waals surface area (Å²) in [6.07, 6.45) is 2.05. The lowest BCUT2D eigenvalue weighted by Crippen LogP contribution is -2.46. The Morgan fingerprint density at radius 3 is 2.32 bits per heavy atom. The van der Waals surface area contributed by atoms with Crippen LogP contribution in [0.1, 0.15) is 37.5 Å². The number of hydrogen-bond acceptors (Lipinski definition) is 3. The lowest BCUT2D eigenvalue weighted by Gasteiger charge is -2.38. The number of amides is 1. The minimum Gasteiger partial charge on any atom is -0.298 e. The minimum atomic E-state index is -0.490. The van der Waals surface area contributed by atoms with Gasteiger partial charge in [-0.25, -0.2) is 0 Å².